The van der Waals surface area contributed by atoms with Crippen LogP contribution >= 0.6 is 0 Å². The Morgan fingerprint density at radius 3 is 2.78 bits per heavy atom. The minimum atomic E-state index is -0.331. The van der Waals surface area contributed by atoms with Gasteiger partial charge >= 0.3 is 0 Å². The molecular formula is C33H39FN4O3. The van der Waals surface area contributed by atoms with Gasteiger partial charge in [0.1, 0.15) is 29.5 Å². The Bertz CT molecular complexity index is 1520. The van der Waals surface area contributed by atoms with Crippen molar-refractivity contribution in [2.75, 3.05) is 32.7 Å². The van der Waals surface area contributed by atoms with Crippen LogP contribution in [-0.4, -0.2) is 65.5 Å². The number of aromatic amines is 1. The second-order valence-electron chi connectivity index (χ2n) is 12.1. The molecule has 7 rings (SSSR count). The van der Waals surface area contributed by atoms with Crippen LogP contribution in [0, 0.1) is 11.7 Å². The summed E-state index contributed by atoms with van der Waals surface area (Å²) in [6.07, 6.45) is 10.4. The van der Waals surface area contributed by atoms with Crippen LogP contribution in [0.25, 0.3) is 21.9 Å². The number of aromatic nitrogens is 1. The van der Waals surface area contributed by atoms with Crippen molar-refractivity contribution < 1.29 is 18.3 Å². The second-order valence-corrected chi connectivity index (χ2v) is 12.1. The van der Waals surface area contributed by atoms with E-state index in [1.54, 1.807) is 12.3 Å². The van der Waals surface area contributed by atoms with Crippen LogP contribution in [-0.2, 0) is 6.61 Å². The third kappa shape index (κ3) is 5.60. The predicted molar refractivity (Wildman–Crippen MR) is 158 cm³/mol. The molecule has 0 radical (unpaired) electrons. The number of likely N-dealkylation sites (tertiary alicyclic amines) is 1. The monoisotopic (exact) mass is 558 g/mol. The van der Waals surface area contributed by atoms with Gasteiger partial charge in [-0.2, -0.15) is 0 Å². The van der Waals surface area contributed by atoms with Gasteiger partial charge in [-0.15, -0.1) is 0 Å². The summed E-state index contributed by atoms with van der Waals surface area (Å²) in [7, 11) is 0. The van der Waals surface area contributed by atoms with E-state index in [2.05, 4.69) is 20.1 Å². The summed E-state index contributed by atoms with van der Waals surface area (Å²) in [6, 6.07) is 13.1. The molecule has 3 saturated heterocycles. The summed E-state index contributed by atoms with van der Waals surface area (Å²) in [4.78, 5) is 21.9. The topological polar surface area (TPSA) is 73.7 Å². The Kier molecular flexibility index (Phi) is 7.44. The van der Waals surface area contributed by atoms with Gasteiger partial charge in [0.05, 0.1) is 6.26 Å². The summed E-state index contributed by atoms with van der Waals surface area (Å²) < 4.78 is 25.1. The smallest absolute Gasteiger partial charge is 0.267 e. The molecule has 8 heteroatoms. The van der Waals surface area contributed by atoms with E-state index in [1.165, 1.54) is 63.9 Å². The number of benzene rings is 2. The van der Waals surface area contributed by atoms with Crippen molar-refractivity contribution in [3.05, 3.63) is 65.8 Å². The van der Waals surface area contributed by atoms with Crippen LogP contribution in [0.4, 0.5) is 4.39 Å². The molecule has 5 heterocycles. The molecule has 0 saturated carbocycles. The number of rotatable bonds is 7. The number of furan rings is 1. The minimum Gasteiger partial charge on any atom is -0.488 e. The highest BCUT2D eigenvalue weighted by Crippen LogP contribution is 2.32. The van der Waals surface area contributed by atoms with Crippen LogP contribution in [0.2, 0.25) is 0 Å². The number of piperidine rings is 3. The van der Waals surface area contributed by atoms with Crippen LogP contribution in [0.5, 0.6) is 5.75 Å². The maximum Gasteiger partial charge on any atom is 0.267 e. The van der Waals surface area contributed by atoms with Gasteiger partial charge in [0.2, 0.25) is 0 Å². The molecule has 0 spiro atoms. The van der Waals surface area contributed by atoms with E-state index in [1.807, 2.05) is 24.3 Å². The number of amides is 1. The molecule has 0 aliphatic carbocycles. The number of carbonyl (C=O) groups is 1. The molecule has 2 atom stereocenters. The lowest BCUT2D eigenvalue weighted by atomic mass is 9.83. The molecule has 1 amide bonds. The zero-order valence-electron chi connectivity index (χ0n) is 23.5. The third-order valence-corrected chi connectivity index (χ3v) is 9.51. The van der Waals surface area contributed by atoms with Crippen molar-refractivity contribution in [2.45, 2.75) is 63.6 Å². The lowest BCUT2D eigenvalue weighted by Crippen LogP contribution is -2.52. The molecule has 3 aliphatic rings. The van der Waals surface area contributed by atoms with Gasteiger partial charge in [-0.1, -0.05) is 12.5 Å². The van der Waals surface area contributed by atoms with Crippen LogP contribution in [0.3, 0.4) is 0 Å². The van der Waals surface area contributed by atoms with Crippen molar-refractivity contribution in [3.8, 4) is 5.75 Å². The number of hydrogen-bond donors (Lipinski definition) is 2. The summed E-state index contributed by atoms with van der Waals surface area (Å²) in [5.74, 6) is 1.08. The Labute approximate surface area is 240 Å². The number of nitrogens with one attached hydrogen (secondary N) is 2. The first-order chi connectivity index (χ1) is 20.1. The SMILES string of the molecule is O=C(NC1CCN(C[C@@H]2CCCN3CCCC[C@H]23)CC1)c1cc2c(OCc3coc4cc(F)ccc34)cccc2[nH]1. The maximum atomic E-state index is 13.5. The molecule has 41 heavy (non-hydrogen) atoms. The predicted octanol–water partition coefficient (Wildman–Crippen LogP) is 6.09. The van der Waals surface area contributed by atoms with Crippen molar-refractivity contribution >= 4 is 27.8 Å². The highest BCUT2D eigenvalue weighted by atomic mass is 19.1. The summed E-state index contributed by atoms with van der Waals surface area (Å²) in [5, 5.41) is 4.96. The number of H-pyrrole nitrogens is 1. The Morgan fingerprint density at radius 1 is 1.00 bits per heavy atom. The summed E-state index contributed by atoms with van der Waals surface area (Å²) in [6.45, 7) is 6.17. The van der Waals surface area contributed by atoms with E-state index in [9.17, 15) is 9.18 Å². The number of fused-ring (bicyclic) bond motifs is 3. The first-order valence-corrected chi connectivity index (χ1v) is 15.3. The standard InChI is InChI=1S/C33H39FN4O3/c34-24-9-10-26-23(21-41-32(26)17-24)20-40-31-8-3-6-28-27(31)18-29(36-28)33(39)35-25-11-15-37(16-12-25)19-22-5-4-14-38-13-2-1-7-30(22)38/h3,6,8-10,17-18,21-22,25,30,36H,1-2,4-5,7,11-16,19-20H2,(H,35,39)/t22-,30+/m0/s1. The lowest BCUT2D eigenvalue weighted by molar-refractivity contribution is 0.0351. The Balaban J connectivity index is 0.948. The highest BCUT2D eigenvalue weighted by molar-refractivity contribution is 5.99. The number of halogens is 1. The molecule has 0 bridgehead atoms. The van der Waals surface area contributed by atoms with Crippen LogP contribution < -0.4 is 10.1 Å². The first-order valence-electron chi connectivity index (χ1n) is 15.3. The van der Waals surface area contributed by atoms with Gasteiger partial charge < -0.3 is 29.3 Å². The molecule has 2 N–H and O–H groups in total. The number of nitrogens with zero attached hydrogens (tertiary/aromatic N) is 2. The molecule has 0 unspecified atom stereocenters. The fourth-order valence-corrected chi connectivity index (χ4v) is 7.34. The molecular weight excluding hydrogens is 519 g/mol. The molecule has 3 aliphatic heterocycles. The van der Waals surface area contributed by atoms with Crippen molar-refractivity contribution in [2.24, 2.45) is 5.92 Å². The fourth-order valence-electron chi connectivity index (χ4n) is 7.34. The lowest BCUT2D eigenvalue weighted by Gasteiger charge is -2.46. The van der Waals surface area contributed by atoms with Crippen molar-refractivity contribution in [3.63, 3.8) is 0 Å². The van der Waals surface area contributed by atoms with Gasteiger partial charge in [0, 0.05) is 59.6 Å². The van der Waals surface area contributed by atoms with Gasteiger partial charge in [0.15, 0.2) is 0 Å². The maximum absolute atomic E-state index is 13.5. The largest absolute Gasteiger partial charge is 0.488 e. The van der Waals surface area contributed by atoms with Crippen molar-refractivity contribution in [1.29, 1.82) is 0 Å². The van der Waals surface area contributed by atoms with E-state index in [4.69, 9.17) is 9.15 Å². The van der Waals surface area contributed by atoms with E-state index in [-0.39, 0.29) is 24.4 Å². The quantitative estimate of drug-likeness (QED) is 0.287. The molecule has 4 aromatic rings. The average molecular weight is 559 g/mol. The first kappa shape index (κ1) is 26.5. The Hall–Kier alpha value is -3.36. The van der Waals surface area contributed by atoms with Gasteiger partial charge in [0.25, 0.3) is 5.91 Å². The highest BCUT2D eigenvalue weighted by Gasteiger charge is 2.34. The van der Waals surface area contributed by atoms with Gasteiger partial charge in [-0.3, -0.25) is 4.79 Å². The molecule has 216 valence electrons. The van der Waals surface area contributed by atoms with Crippen LogP contribution in [0.1, 0.15) is 61.0 Å². The molecule has 2 aromatic carbocycles. The van der Waals surface area contributed by atoms with E-state index >= 15 is 0 Å². The average Bonchev–Trinajstić information content (AvgIpc) is 3.62. The summed E-state index contributed by atoms with van der Waals surface area (Å²) in [5.41, 5.74) is 2.74. The van der Waals surface area contributed by atoms with Gasteiger partial charge in [-0.05, 0) is 87.9 Å². The van der Waals surface area contributed by atoms with E-state index < -0.39 is 0 Å². The summed E-state index contributed by atoms with van der Waals surface area (Å²) >= 11 is 0. The minimum absolute atomic E-state index is 0.0708. The van der Waals surface area contributed by atoms with Crippen LogP contribution in [0.15, 0.2) is 53.1 Å². The molecule has 2 aromatic heterocycles. The van der Waals surface area contributed by atoms with Gasteiger partial charge in [-0.25, -0.2) is 4.39 Å². The van der Waals surface area contributed by atoms with E-state index in [0.717, 1.165) is 59.7 Å². The normalized spacial score (nSPS) is 22.7. The van der Waals surface area contributed by atoms with Crippen molar-refractivity contribution in [1.82, 2.24) is 20.1 Å². The Morgan fingerprint density at radius 2 is 1.88 bits per heavy atom. The number of ether oxygens (including phenoxy) is 1. The number of hydrogen-bond acceptors (Lipinski definition) is 5. The number of carbonyl (C=O) groups excluding carboxylic acids is 1. The van der Waals surface area contributed by atoms with E-state index in [0.29, 0.717) is 17.0 Å². The molecule has 7 nitrogen and oxygen atoms in total. The fraction of sp³-hybridized carbons (Fsp3) is 0.485. The zero-order valence-corrected chi connectivity index (χ0v) is 23.5. The second kappa shape index (κ2) is 11.5. The molecule has 3 fully saturated rings. The third-order valence-electron chi connectivity index (χ3n) is 9.51. The zero-order chi connectivity index (χ0) is 27.8.